The van der Waals surface area contributed by atoms with Gasteiger partial charge in [0.15, 0.2) is 0 Å². The van der Waals surface area contributed by atoms with Crippen LogP contribution in [0.15, 0.2) is 18.2 Å². The lowest BCUT2D eigenvalue weighted by atomic mass is 10.1. The SMILES string of the molecule is CC1(C)CC1CNc1ccc(F)cc1C#N. The van der Waals surface area contributed by atoms with Gasteiger partial charge in [-0.3, -0.25) is 0 Å². The zero-order chi connectivity index (χ0) is 11.8. The van der Waals surface area contributed by atoms with Crippen molar-refractivity contribution in [3.05, 3.63) is 29.6 Å². The predicted molar refractivity (Wildman–Crippen MR) is 61.5 cm³/mol. The zero-order valence-corrected chi connectivity index (χ0v) is 9.55. The fourth-order valence-electron chi connectivity index (χ4n) is 1.92. The van der Waals surface area contributed by atoms with E-state index >= 15 is 0 Å². The molecule has 0 heterocycles. The molecule has 1 atom stereocenters. The molecule has 1 saturated carbocycles. The molecule has 0 radical (unpaired) electrons. The highest BCUT2D eigenvalue weighted by molar-refractivity contribution is 5.57. The summed E-state index contributed by atoms with van der Waals surface area (Å²) >= 11 is 0. The van der Waals surface area contributed by atoms with Gasteiger partial charge in [-0.15, -0.1) is 0 Å². The standard InChI is InChI=1S/C13H15FN2/c1-13(2)6-10(13)8-16-12-4-3-11(14)5-9(12)7-15/h3-5,10,16H,6,8H2,1-2H3. The Hall–Kier alpha value is -1.56. The Morgan fingerprint density at radius 3 is 2.81 bits per heavy atom. The highest BCUT2D eigenvalue weighted by Gasteiger charge is 2.44. The molecule has 0 amide bonds. The van der Waals surface area contributed by atoms with E-state index in [4.69, 9.17) is 5.26 Å². The highest BCUT2D eigenvalue weighted by Crippen LogP contribution is 2.51. The van der Waals surface area contributed by atoms with Gasteiger partial charge >= 0.3 is 0 Å². The van der Waals surface area contributed by atoms with E-state index in [-0.39, 0.29) is 5.82 Å². The number of hydrogen-bond acceptors (Lipinski definition) is 2. The van der Waals surface area contributed by atoms with Crippen molar-refractivity contribution in [3.63, 3.8) is 0 Å². The molecule has 0 saturated heterocycles. The van der Waals surface area contributed by atoms with Gasteiger partial charge in [0.2, 0.25) is 0 Å². The molecule has 0 bridgehead atoms. The maximum Gasteiger partial charge on any atom is 0.124 e. The van der Waals surface area contributed by atoms with Crippen molar-refractivity contribution in [3.8, 4) is 6.07 Å². The predicted octanol–water partition coefficient (Wildman–Crippen LogP) is 3.16. The van der Waals surface area contributed by atoms with Crippen LogP contribution < -0.4 is 5.32 Å². The summed E-state index contributed by atoms with van der Waals surface area (Å²) < 4.78 is 12.9. The van der Waals surface area contributed by atoms with Gasteiger partial charge in [-0.1, -0.05) is 13.8 Å². The Kier molecular flexibility index (Phi) is 2.59. The topological polar surface area (TPSA) is 35.8 Å². The van der Waals surface area contributed by atoms with Crippen molar-refractivity contribution in [2.45, 2.75) is 20.3 Å². The molecule has 1 aliphatic rings. The summed E-state index contributed by atoms with van der Waals surface area (Å²) in [6.07, 6.45) is 1.21. The highest BCUT2D eigenvalue weighted by atomic mass is 19.1. The van der Waals surface area contributed by atoms with Crippen LogP contribution >= 0.6 is 0 Å². The summed E-state index contributed by atoms with van der Waals surface area (Å²) in [6.45, 7) is 5.32. The first-order chi connectivity index (χ1) is 7.53. The van der Waals surface area contributed by atoms with Gasteiger partial charge in [-0.05, 0) is 36.0 Å². The molecule has 0 spiro atoms. The van der Waals surface area contributed by atoms with Crippen LogP contribution in [0, 0.1) is 28.5 Å². The minimum absolute atomic E-state index is 0.367. The van der Waals surface area contributed by atoms with E-state index in [1.165, 1.54) is 18.6 Å². The van der Waals surface area contributed by atoms with Crippen LogP contribution in [-0.2, 0) is 0 Å². The molecule has 16 heavy (non-hydrogen) atoms. The van der Waals surface area contributed by atoms with Crippen molar-refractivity contribution in [1.82, 2.24) is 0 Å². The lowest BCUT2D eigenvalue weighted by Crippen LogP contribution is -2.08. The molecule has 1 N–H and O–H groups in total. The van der Waals surface area contributed by atoms with Gasteiger partial charge in [0.25, 0.3) is 0 Å². The smallest absolute Gasteiger partial charge is 0.124 e. The number of anilines is 1. The van der Waals surface area contributed by atoms with E-state index in [0.29, 0.717) is 16.9 Å². The Morgan fingerprint density at radius 1 is 1.56 bits per heavy atom. The number of nitrogens with zero attached hydrogens (tertiary/aromatic N) is 1. The first-order valence-electron chi connectivity index (χ1n) is 5.46. The summed E-state index contributed by atoms with van der Waals surface area (Å²) in [4.78, 5) is 0. The number of nitrogens with one attached hydrogen (secondary N) is 1. The van der Waals surface area contributed by atoms with Crippen LogP contribution in [0.25, 0.3) is 0 Å². The van der Waals surface area contributed by atoms with Gasteiger partial charge in [0.1, 0.15) is 11.9 Å². The normalized spacial score (nSPS) is 21.2. The van der Waals surface area contributed by atoms with Crippen LogP contribution in [0.5, 0.6) is 0 Å². The van der Waals surface area contributed by atoms with E-state index < -0.39 is 0 Å². The average molecular weight is 218 g/mol. The Morgan fingerprint density at radius 2 is 2.25 bits per heavy atom. The molecule has 1 aliphatic carbocycles. The molecule has 1 aromatic rings. The largest absolute Gasteiger partial charge is 0.384 e. The van der Waals surface area contributed by atoms with Gasteiger partial charge in [-0.25, -0.2) is 4.39 Å². The summed E-state index contributed by atoms with van der Waals surface area (Å²) in [6, 6.07) is 6.27. The fraction of sp³-hybridized carbons (Fsp3) is 0.462. The molecule has 2 rings (SSSR count). The van der Waals surface area contributed by atoms with E-state index in [9.17, 15) is 4.39 Å². The van der Waals surface area contributed by atoms with Crippen LogP contribution in [0.3, 0.4) is 0 Å². The molecule has 2 nitrogen and oxygen atoms in total. The third kappa shape index (κ3) is 2.16. The van der Waals surface area contributed by atoms with Gasteiger partial charge < -0.3 is 5.32 Å². The molecule has 84 valence electrons. The third-order valence-electron chi connectivity index (χ3n) is 3.36. The number of benzene rings is 1. The number of rotatable bonds is 3. The Bertz CT molecular complexity index is 446. The molecule has 0 aromatic heterocycles. The van der Waals surface area contributed by atoms with Crippen molar-refractivity contribution in [2.24, 2.45) is 11.3 Å². The van der Waals surface area contributed by atoms with Crippen molar-refractivity contribution in [1.29, 1.82) is 5.26 Å². The second-order valence-corrected chi connectivity index (χ2v) is 5.07. The maximum atomic E-state index is 12.9. The molecule has 3 heteroatoms. The molecule has 1 unspecified atom stereocenters. The molecular weight excluding hydrogens is 203 g/mol. The summed E-state index contributed by atoms with van der Waals surface area (Å²) in [7, 11) is 0. The Labute approximate surface area is 95.1 Å². The maximum absolute atomic E-state index is 12.9. The van der Waals surface area contributed by atoms with Crippen LogP contribution in [0.2, 0.25) is 0 Å². The molecule has 1 fully saturated rings. The minimum atomic E-state index is -0.367. The van der Waals surface area contributed by atoms with Gasteiger partial charge in [0, 0.05) is 6.54 Å². The first-order valence-corrected chi connectivity index (χ1v) is 5.46. The van der Waals surface area contributed by atoms with E-state index in [2.05, 4.69) is 19.2 Å². The van der Waals surface area contributed by atoms with E-state index in [1.807, 2.05) is 6.07 Å². The van der Waals surface area contributed by atoms with E-state index in [1.54, 1.807) is 6.07 Å². The van der Waals surface area contributed by atoms with E-state index in [0.717, 1.165) is 12.2 Å². The Balaban J connectivity index is 2.02. The summed E-state index contributed by atoms with van der Waals surface area (Å²) in [5.74, 6) is 0.290. The van der Waals surface area contributed by atoms with Crippen molar-refractivity contribution < 1.29 is 4.39 Å². The lowest BCUT2D eigenvalue weighted by Gasteiger charge is -2.09. The number of halogens is 1. The summed E-state index contributed by atoms with van der Waals surface area (Å²) in [5.41, 5.74) is 1.52. The van der Waals surface area contributed by atoms with Crippen molar-refractivity contribution in [2.75, 3.05) is 11.9 Å². The zero-order valence-electron chi connectivity index (χ0n) is 9.55. The van der Waals surface area contributed by atoms with Crippen LogP contribution in [0.1, 0.15) is 25.8 Å². The lowest BCUT2D eigenvalue weighted by molar-refractivity contribution is 0.573. The molecule has 1 aromatic carbocycles. The second-order valence-electron chi connectivity index (χ2n) is 5.07. The average Bonchev–Trinajstić information content (AvgIpc) is 2.84. The van der Waals surface area contributed by atoms with Crippen LogP contribution in [-0.4, -0.2) is 6.54 Å². The van der Waals surface area contributed by atoms with Crippen molar-refractivity contribution >= 4 is 5.69 Å². The monoisotopic (exact) mass is 218 g/mol. The summed E-state index contributed by atoms with van der Waals surface area (Å²) in [5, 5.41) is 12.1. The number of hydrogen-bond donors (Lipinski definition) is 1. The quantitative estimate of drug-likeness (QED) is 0.845. The van der Waals surface area contributed by atoms with Gasteiger partial charge in [-0.2, -0.15) is 5.26 Å². The van der Waals surface area contributed by atoms with Gasteiger partial charge in [0.05, 0.1) is 11.3 Å². The first kappa shape index (κ1) is 10.9. The molecule has 0 aliphatic heterocycles. The minimum Gasteiger partial charge on any atom is -0.384 e. The third-order valence-corrected chi connectivity index (χ3v) is 3.36. The fourth-order valence-corrected chi connectivity index (χ4v) is 1.92. The van der Waals surface area contributed by atoms with Crippen LogP contribution in [0.4, 0.5) is 10.1 Å². The second kappa shape index (κ2) is 3.79. The number of nitriles is 1. The molecular formula is C13H15FN2.